The summed E-state index contributed by atoms with van der Waals surface area (Å²) in [6.07, 6.45) is 1.99. The van der Waals surface area contributed by atoms with Gasteiger partial charge in [0.05, 0.1) is 5.75 Å². The van der Waals surface area contributed by atoms with E-state index in [2.05, 4.69) is 48.4 Å². The predicted molar refractivity (Wildman–Crippen MR) is 80.3 cm³/mol. The minimum Gasteiger partial charge on any atom is -0.312 e. The zero-order chi connectivity index (χ0) is 13.0. The van der Waals surface area contributed by atoms with Gasteiger partial charge in [-0.2, -0.15) is 0 Å². The summed E-state index contributed by atoms with van der Waals surface area (Å²) in [4.78, 5) is 7.13. The van der Waals surface area contributed by atoms with Crippen LogP contribution in [0.5, 0.6) is 0 Å². The average molecular weight is 278 g/mol. The summed E-state index contributed by atoms with van der Waals surface area (Å²) < 4.78 is 0. The van der Waals surface area contributed by atoms with Crippen molar-refractivity contribution in [1.82, 2.24) is 10.3 Å². The Morgan fingerprint density at radius 1 is 1.39 bits per heavy atom. The molecule has 0 bridgehead atoms. The van der Waals surface area contributed by atoms with Crippen molar-refractivity contribution >= 4 is 23.1 Å². The van der Waals surface area contributed by atoms with Crippen molar-refractivity contribution in [2.45, 2.75) is 30.5 Å². The first-order valence-corrected chi connectivity index (χ1v) is 7.81. The summed E-state index contributed by atoms with van der Waals surface area (Å²) in [6.45, 7) is 4.31. The molecule has 0 fully saturated rings. The van der Waals surface area contributed by atoms with Crippen LogP contribution >= 0.6 is 23.1 Å². The van der Waals surface area contributed by atoms with E-state index in [1.807, 2.05) is 25.0 Å². The van der Waals surface area contributed by atoms with Gasteiger partial charge in [0.2, 0.25) is 0 Å². The Labute approximate surface area is 117 Å². The molecule has 0 radical (unpaired) electrons. The van der Waals surface area contributed by atoms with Crippen LogP contribution in [0.15, 0.2) is 35.4 Å². The smallest absolute Gasteiger partial charge is 0.103 e. The Kier molecular flexibility index (Phi) is 4.80. The van der Waals surface area contributed by atoms with Gasteiger partial charge in [0.1, 0.15) is 5.01 Å². The first-order valence-electron chi connectivity index (χ1n) is 6.01. The molecule has 1 unspecified atom stereocenters. The fourth-order valence-corrected chi connectivity index (χ4v) is 3.61. The molecular formula is C14H18N2S2. The molecule has 4 heteroatoms. The molecule has 0 saturated carbocycles. The highest BCUT2D eigenvalue weighted by molar-refractivity contribution is 7.98. The van der Waals surface area contributed by atoms with Crippen LogP contribution in [-0.4, -0.2) is 12.0 Å². The third-order valence-corrected chi connectivity index (χ3v) is 5.43. The van der Waals surface area contributed by atoms with Crippen LogP contribution in [0.1, 0.15) is 28.4 Å². The highest BCUT2D eigenvalue weighted by atomic mass is 32.2. The number of benzene rings is 1. The fourth-order valence-electron chi connectivity index (χ4n) is 1.59. The molecular weight excluding hydrogens is 260 g/mol. The number of hydrogen-bond acceptors (Lipinski definition) is 4. The number of nitrogens with one attached hydrogen (secondary N) is 1. The van der Waals surface area contributed by atoms with Gasteiger partial charge in [0.15, 0.2) is 0 Å². The maximum atomic E-state index is 4.49. The number of aromatic nitrogens is 1. The minimum absolute atomic E-state index is 0.389. The number of thioether (sulfide) groups is 1. The van der Waals surface area contributed by atoms with Gasteiger partial charge in [-0.15, -0.1) is 23.1 Å². The zero-order valence-corrected chi connectivity index (χ0v) is 12.6. The highest BCUT2D eigenvalue weighted by Crippen LogP contribution is 2.28. The molecule has 0 aliphatic rings. The van der Waals surface area contributed by atoms with E-state index in [1.54, 1.807) is 11.3 Å². The van der Waals surface area contributed by atoms with E-state index in [1.165, 1.54) is 20.3 Å². The lowest BCUT2D eigenvalue weighted by molar-refractivity contribution is 0.662. The van der Waals surface area contributed by atoms with E-state index in [4.69, 9.17) is 0 Å². The van der Waals surface area contributed by atoms with Crippen LogP contribution < -0.4 is 5.32 Å². The van der Waals surface area contributed by atoms with Gasteiger partial charge in [0.25, 0.3) is 0 Å². The van der Waals surface area contributed by atoms with Crippen molar-refractivity contribution in [3.8, 4) is 0 Å². The van der Waals surface area contributed by atoms with Crippen molar-refractivity contribution in [2.24, 2.45) is 0 Å². The summed E-state index contributed by atoms with van der Waals surface area (Å²) in [6, 6.07) is 8.88. The lowest BCUT2D eigenvalue weighted by atomic mass is 10.2. The topological polar surface area (TPSA) is 24.9 Å². The third-order valence-electron chi connectivity index (χ3n) is 2.88. The van der Waals surface area contributed by atoms with E-state index in [0.29, 0.717) is 6.04 Å². The molecule has 0 aliphatic carbocycles. The Balaban J connectivity index is 1.98. The normalized spacial score (nSPS) is 12.6. The van der Waals surface area contributed by atoms with Crippen LogP contribution in [-0.2, 0) is 5.75 Å². The first kappa shape index (κ1) is 13.6. The standard InChI is InChI=1S/C14H18N2S2/c1-10-6-4-5-7-12(10)17-9-14-16-8-13(18-14)11(2)15-3/h4-8,11,15H,9H2,1-3H3. The van der Waals surface area contributed by atoms with Crippen LogP contribution in [0.2, 0.25) is 0 Å². The average Bonchev–Trinajstić information content (AvgIpc) is 2.86. The van der Waals surface area contributed by atoms with Gasteiger partial charge in [-0.1, -0.05) is 18.2 Å². The largest absolute Gasteiger partial charge is 0.312 e. The van der Waals surface area contributed by atoms with Gasteiger partial charge in [0, 0.05) is 22.0 Å². The maximum Gasteiger partial charge on any atom is 0.103 e. The van der Waals surface area contributed by atoms with Crippen LogP contribution in [0, 0.1) is 6.92 Å². The van der Waals surface area contributed by atoms with E-state index in [9.17, 15) is 0 Å². The van der Waals surface area contributed by atoms with Crippen molar-refractivity contribution in [3.63, 3.8) is 0 Å². The Hall–Kier alpha value is -0.840. The van der Waals surface area contributed by atoms with E-state index in [0.717, 1.165) is 5.75 Å². The molecule has 1 aromatic heterocycles. The summed E-state index contributed by atoms with van der Waals surface area (Å²) >= 11 is 3.66. The number of rotatable bonds is 5. The summed E-state index contributed by atoms with van der Waals surface area (Å²) in [7, 11) is 1.98. The fraction of sp³-hybridized carbons (Fsp3) is 0.357. The Morgan fingerprint density at radius 3 is 2.89 bits per heavy atom. The second-order valence-corrected chi connectivity index (χ2v) is 6.38. The molecule has 18 heavy (non-hydrogen) atoms. The summed E-state index contributed by atoms with van der Waals surface area (Å²) in [5.41, 5.74) is 1.34. The quantitative estimate of drug-likeness (QED) is 0.836. The number of hydrogen-bond donors (Lipinski definition) is 1. The van der Waals surface area contributed by atoms with E-state index < -0.39 is 0 Å². The van der Waals surface area contributed by atoms with Crippen LogP contribution in [0.4, 0.5) is 0 Å². The Bertz CT molecular complexity index is 508. The van der Waals surface area contributed by atoms with Crippen LogP contribution in [0.25, 0.3) is 0 Å². The molecule has 0 aliphatic heterocycles. The number of aryl methyl sites for hydroxylation is 1. The van der Waals surface area contributed by atoms with Crippen molar-refractivity contribution in [1.29, 1.82) is 0 Å². The van der Waals surface area contributed by atoms with Gasteiger partial charge < -0.3 is 5.32 Å². The molecule has 2 aromatic rings. The van der Waals surface area contributed by atoms with E-state index in [-0.39, 0.29) is 0 Å². The second kappa shape index (κ2) is 6.36. The zero-order valence-electron chi connectivity index (χ0n) is 10.9. The summed E-state index contributed by atoms with van der Waals surface area (Å²) in [5, 5.41) is 4.44. The van der Waals surface area contributed by atoms with Gasteiger partial charge in [-0.3, -0.25) is 0 Å². The molecule has 0 spiro atoms. The number of nitrogens with zero attached hydrogens (tertiary/aromatic N) is 1. The van der Waals surface area contributed by atoms with Crippen molar-refractivity contribution in [2.75, 3.05) is 7.05 Å². The molecule has 0 saturated heterocycles. The molecule has 0 amide bonds. The molecule has 1 atom stereocenters. The van der Waals surface area contributed by atoms with Gasteiger partial charge in [-0.25, -0.2) is 4.98 Å². The monoisotopic (exact) mass is 278 g/mol. The van der Waals surface area contributed by atoms with E-state index >= 15 is 0 Å². The third kappa shape index (κ3) is 3.34. The Morgan fingerprint density at radius 2 is 2.17 bits per heavy atom. The summed E-state index contributed by atoms with van der Waals surface area (Å²) in [5.74, 6) is 0.950. The SMILES string of the molecule is CNC(C)c1cnc(CSc2ccccc2C)s1. The molecule has 2 nitrogen and oxygen atoms in total. The molecule has 1 heterocycles. The highest BCUT2D eigenvalue weighted by Gasteiger charge is 2.08. The van der Waals surface area contributed by atoms with Gasteiger partial charge in [-0.05, 0) is 32.5 Å². The number of thiazole rings is 1. The molecule has 1 N–H and O–H groups in total. The second-order valence-electron chi connectivity index (χ2n) is 4.22. The minimum atomic E-state index is 0.389. The van der Waals surface area contributed by atoms with Crippen LogP contribution in [0.3, 0.4) is 0 Å². The maximum absolute atomic E-state index is 4.49. The molecule has 96 valence electrons. The van der Waals surface area contributed by atoms with Crippen molar-refractivity contribution in [3.05, 3.63) is 45.9 Å². The lowest BCUT2D eigenvalue weighted by Gasteiger charge is -2.05. The molecule has 2 rings (SSSR count). The lowest BCUT2D eigenvalue weighted by Crippen LogP contribution is -2.10. The predicted octanol–water partition coefficient (Wildman–Crippen LogP) is 4.02. The first-order chi connectivity index (χ1) is 8.70. The van der Waals surface area contributed by atoms with Crippen molar-refractivity contribution < 1.29 is 0 Å². The van der Waals surface area contributed by atoms with Gasteiger partial charge >= 0.3 is 0 Å². The molecule has 1 aromatic carbocycles.